The number of benzene rings is 1. The molecule has 1 aromatic heterocycles. The van der Waals surface area contributed by atoms with Crippen LogP contribution in [0.3, 0.4) is 0 Å². The largest absolute Gasteiger partial charge is 0.343 e. The number of likely N-dealkylation sites (tertiary alicyclic amines) is 2. The fraction of sp³-hybridized carbons (Fsp3) is 0.542. The van der Waals surface area contributed by atoms with Gasteiger partial charge in [-0.25, -0.2) is 4.98 Å². The van der Waals surface area contributed by atoms with Gasteiger partial charge in [0.25, 0.3) is 0 Å². The smallest absolute Gasteiger partial charge is 0.242 e. The van der Waals surface area contributed by atoms with Crippen LogP contribution in [0.25, 0.3) is 0 Å². The first-order valence-corrected chi connectivity index (χ1v) is 11.3. The van der Waals surface area contributed by atoms with Crippen molar-refractivity contribution in [1.82, 2.24) is 19.4 Å². The van der Waals surface area contributed by atoms with Gasteiger partial charge in [0.2, 0.25) is 11.8 Å². The molecule has 160 valence electrons. The van der Waals surface area contributed by atoms with Crippen molar-refractivity contribution in [3.8, 4) is 0 Å². The van der Waals surface area contributed by atoms with Crippen LogP contribution < -0.4 is 0 Å². The molecule has 2 fully saturated rings. The van der Waals surface area contributed by atoms with E-state index in [0.717, 1.165) is 64.7 Å². The van der Waals surface area contributed by atoms with Crippen LogP contribution in [-0.2, 0) is 29.0 Å². The first-order chi connectivity index (χ1) is 14.7. The maximum Gasteiger partial charge on any atom is 0.242 e. The van der Waals surface area contributed by atoms with Crippen molar-refractivity contribution in [2.75, 3.05) is 26.2 Å². The molecule has 0 aliphatic carbocycles. The lowest BCUT2D eigenvalue weighted by Gasteiger charge is -2.32. The number of imidazole rings is 1. The van der Waals surface area contributed by atoms with Gasteiger partial charge in [0.1, 0.15) is 6.54 Å². The summed E-state index contributed by atoms with van der Waals surface area (Å²) in [5, 5.41) is 0. The Balaban J connectivity index is 1.18. The number of amides is 2. The van der Waals surface area contributed by atoms with E-state index < -0.39 is 0 Å². The minimum Gasteiger partial charge on any atom is -0.343 e. The van der Waals surface area contributed by atoms with Crippen LogP contribution in [0.2, 0.25) is 0 Å². The SMILES string of the molecule is O=C(CCc1ccc(CC2CCN(C(=O)Cn3ccnc3)CC2)cc1)N1CCCC1. The van der Waals surface area contributed by atoms with Crippen molar-refractivity contribution in [2.24, 2.45) is 5.92 Å². The van der Waals surface area contributed by atoms with Crippen molar-refractivity contribution in [3.63, 3.8) is 0 Å². The molecule has 6 heteroatoms. The Morgan fingerprint density at radius 2 is 1.57 bits per heavy atom. The van der Waals surface area contributed by atoms with Gasteiger partial charge in [-0.05, 0) is 55.6 Å². The van der Waals surface area contributed by atoms with E-state index in [4.69, 9.17) is 0 Å². The standard InChI is InChI=1S/C24H32N4O2/c29-23(27-12-1-2-13-27)8-7-20-3-5-21(6-4-20)17-22-9-14-28(15-10-22)24(30)18-26-16-11-25-19-26/h3-6,11,16,19,22H,1-2,7-10,12-15,17-18H2. The van der Waals surface area contributed by atoms with Crippen molar-refractivity contribution in [1.29, 1.82) is 0 Å². The summed E-state index contributed by atoms with van der Waals surface area (Å²) in [6, 6.07) is 8.78. The highest BCUT2D eigenvalue weighted by Gasteiger charge is 2.23. The summed E-state index contributed by atoms with van der Waals surface area (Å²) in [5.74, 6) is 1.11. The highest BCUT2D eigenvalue weighted by Crippen LogP contribution is 2.22. The molecule has 0 N–H and O–H groups in total. The lowest BCUT2D eigenvalue weighted by Crippen LogP contribution is -2.40. The summed E-state index contributed by atoms with van der Waals surface area (Å²) in [6.07, 6.45) is 12.2. The third kappa shape index (κ3) is 5.49. The minimum absolute atomic E-state index is 0.180. The number of piperidine rings is 1. The predicted octanol–water partition coefficient (Wildman–Crippen LogP) is 2.92. The average Bonchev–Trinajstić information content (AvgIpc) is 3.48. The number of carbonyl (C=O) groups excluding carboxylic acids is 2. The van der Waals surface area contributed by atoms with Gasteiger partial charge in [0, 0.05) is 45.0 Å². The summed E-state index contributed by atoms with van der Waals surface area (Å²) in [7, 11) is 0. The minimum atomic E-state index is 0.180. The fourth-order valence-electron chi connectivity index (χ4n) is 4.57. The van der Waals surface area contributed by atoms with E-state index in [1.807, 2.05) is 20.6 Å². The number of aromatic nitrogens is 2. The van der Waals surface area contributed by atoms with Gasteiger partial charge in [-0.15, -0.1) is 0 Å². The number of aryl methyl sites for hydroxylation is 1. The zero-order valence-electron chi connectivity index (χ0n) is 17.7. The summed E-state index contributed by atoms with van der Waals surface area (Å²) >= 11 is 0. The van der Waals surface area contributed by atoms with Crippen LogP contribution >= 0.6 is 0 Å². The van der Waals surface area contributed by atoms with Crippen LogP contribution in [0.15, 0.2) is 43.0 Å². The quantitative estimate of drug-likeness (QED) is 0.708. The highest BCUT2D eigenvalue weighted by atomic mass is 16.2. The molecule has 0 bridgehead atoms. The van der Waals surface area contributed by atoms with Crippen LogP contribution in [0, 0.1) is 5.92 Å². The highest BCUT2D eigenvalue weighted by molar-refractivity contribution is 5.76. The van der Waals surface area contributed by atoms with E-state index in [1.165, 1.54) is 11.1 Å². The molecule has 6 nitrogen and oxygen atoms in total. The monoisotopic (exact) mass is 408 g/mol. The molecule has 30 heavy (non-hydrogen) atoms. The lowest BCUT2D eigenvalue weighted by molar-refractivity contribution is -0.133. The van der Waals surface area contributed by atoms with Gasteiger partial charge >= 0.3 is 0 Å². The Bertz CT molecular complexity index is 817. The Hall–Kier alpha value is -2.63. The second kappa shape index (κ2) is 9.92. The van der Waals surface area contributed by atoms with Crippen LogP contribution in [-0.4, -0.2) is 57.3 Å². The first kappa shape index (κ1) is 20.6. The van der Waals surface area contributed by atoms with E-state index in [0.29, 0.717) is 24.8 Å². The van der Waals surface area contributed by atoms with E-state index in [-0.39, 0.29) is 5.91 Å². The lowest BCUT2D eigenvalue weighted by atomic mass is 9.89. The van der Waals surface area contributed by atoms with Gasteiger partial charge in [0.05, 0.1) is 6.33 Å². The number of rotatable bonds is 7. The van der Waals surface area contributed by atoms with Crippen LogP contribution in [0.1, 0.15) is 43.2 Å². The van der Waals surface area contributed by atoms with Crippen LogP contribution in [0.5, 0.6) is 0 Å². The second-order valence-electron chi connectivity index (χ2n) is 8.67. The van der Waals surface area contributed by atoms with Crippen LogP contribution in [0.4, 0.5) is 0 Å². The maximum atomic E-state index is 12.4. The topological polar surface area (TPSA) is 58.4 Å². The van der Waals surface area contributed by atoms with Gasteiger partial charge in [-0.2, -0.15) is 0 Å². The van der Waals surface area contributed by atoms with E-state index in [9.17, 15) is 9.59 Å². The maximum absolute atomic E-state index is 12.4. The number of hydrogen-bond donors (Lipinski definition) is 0. The van der Waals surface area contributed by atoms with Crippen molar-refractivity contribution < 1.29 is 9.59 Å². The van der Waals surface area contributed by atoms with Gasteiger partial charge in [0.15, 0.2) is 0 Å². The molecular weight excluding hydrogens is 376 g/mol. The normalized spacial score (nSPS) is 17.5. The molecule has 2 aromatic rings. The first-order valence-electron chi connectivity index (χ1n) is 11.3. The molecule has 0 atom stereocenters. The van der Waals surface area contributed by atoms with Crippen molar-refractivity contribution >= 4 is 11.8 Å². The predicted molar refractivity (Wildman–Crippen MR) is 116 cm³/mol. The Morgan fingerprint density at radius 3 is 2.23 bits per heavy atom. The zero-order chi connectivity index (χ0) is 20.8. The van der Waals surface area contributed by atoms with Crippen molar-refractivity contribution in [3.05, 3.63) is 54.1 Å². The third-order valence-electron chi connectivity index (χ3n) is 6.48. The third-order valence-corrected chi connectivity index (χ3v) is 6.48. The average molecular weight is 409 g/mol. The van der Waals surface area contributed by atoms with Crippen molar-refractivity contribution in [2.45, 2.75) is 51.5 Å². The molecule has 0 radical (unpaired) electrons. The number of hydrogen-bond acceptors (Lipinski definition) is 3. The summed E-state index contributed by atoms with van der Waals surface area (Å²) in [6.45, 7) is 3.94. The molecule has 1 aromatic carbocycles. The summed E-state index contributed by atoms with van der Waals surface area (Å²) in [5.41, 5.74) is 2.60. The Kier molecular flexibility index (Phi) is 6.82. The second-order valence-corrected chi connectivity index (χ2v) is 8.67. The molecule has 2 aliphatic heterocycles. The van der Waals surface area contributed by atoms with E-state index >= 15 is 0 Å². The molecule has 2 aliphatic rings. The van der Waals surface area contributed by atoms with E-state index in [2.05, 4.69) is 29.2 Å². The van der Waals surface area contributed by atoms with Gasteiger partial charge in [-0.3, -0.25) is 9.59 Å². The Morgan fingerprint density at radius 1 is 0.900 bits per heavy atom. The summed E-state index contributed by atoms with van der Waals surface area (Å²) in [4.78, 5) is 32.6. The molecule has 0 unspecified atom stereocenters. The Labute approximate surface area is 178 Å². The molecule has 0 saturated carbocycles. The van der Waals surface area contributed by atoms with Gasteiger partial charge < -0.3 is 14.4 Å². The fourth-order valence-corrected chi connectivity index (χ4v) is 4.57. The molecule has 2 saturated heterocycles. The number of carbonyl (C=O) groups is 2. The molecule has 2 amide bonds. The summed E-state index contributed by atoms with van der Waals surface area (Å²) < 4.78 is 1.83. The molecule has 4 rings (SSSR count). The van der Waals surface area contributed by atoms with E-state index in [1.54, 1.807) is 12.5 Å². The molecular formula is C24H32N4O2. The number of nitrogens with zero attached hydrogens (tertiary/aromatic N) is 4. The molecule has 3 heterocycles. The zero-order valence-corrected chi connectivity index (χ0v) is 17.7. The van der Waals surface area contributed by atoms with Gasteiger partial charge in [-0.1, -0.05) is 24.3 Å². The molecule has 0 spiro atoms.